The van der Waals surface area contributed by atoms with Crippen LogP contribution in [0.4, 0.5) is 11.4 Å². The molecule has 2 rings (SSSR count). The Morgan fingerprint density at radius 3 is 2.52 bits per heavy atom. The molecule has 0 fully saturated rings. The summed E-state index contributed by atoms with van der Waals surface area (Å²) in [7, 11) is 1.75. The molecule has 1 aromatic carbocycles. The number of pyridine rings is 1. The first-order valence-electron chi connectivity index (χ1n) is 6.07. The third-order valence-electron chi connectivity index (χ3n) is 2.80. The molecule has 6 nitrogen and oxygen atoms in total. The second kappa shape index (κ2) is 6.18. The van der Waals surface area contributed by atoms with E-state index in [9.17, 15) is 4.79 Å². The van der Waals surface area contributed by atoms with Gasteiger partial charge in [-0.1, -0.05) is 0 Å². The second-order valence-corrected chi connectivity index (χ2v) is 4.12. The fraction of sp³-hybridized carbons (Fsp3) is 0.0667. The molecule has 21 heavy (non-hydrogen) atoms. The Bertz CT molecular complexity index is 770. The van der Waals surface area contributed by atoms with Crippen LogP contribution in [0.15, 0.2) is 36.5 Å². The summed E-state index contributed by atoms with van der Waals surface area (Å²) in [5.41, 5.74) is 1.95. The molecule has 1 amide bonds. The Hall–Kier alpha value is -3.38. The molecule has 0 radical (unpaired) electrons. The summed E-state index contributed by atoms with van der Waals surface area (Å²) in [6.07, 6.45) is 1.53. The van der Waals surface area contributed by atoms with Gasteiger partial charge in [-0.15, -0.1) is 0 Å². The largest absolute Gasteiger partial charge is 0.388 e. The number of anilines is 2. The van der Waals surface area contributed by atoms with Gasteiger partial charge in [0, 0.05) is 24.6 Å². The standard InChI is InChI=1S/C15H11N5O/c1-18-12-4-5-19-14(7-12)15(21)20-13-3-2-10(8-16)11(6-13)9-17/h2-7H,1H3,(H,18,19)(H,20,21). The Morgan fingerprint density at radius 2 is 1.86 bits per heavy atom. The number of amides is 1. The van der Waals surface area contributed by atoms with E-state index in [0.717, 1.165) is 5.69 Å². The van der Waals surface area contributed by atoms with Gasteiger partial charge >= 0.3 is 0 Å². The summed E-state index contributed by atoms with van der Waals surface area (Å²) in [6, 6.07) is 11.7. The fourth-order valence-corrected chi connectivity index (χ4v) is 1.72. The zero-order chi connectivity index (χ0) is 15.2. The van der Waals surface area contributed by atoms with Crippen molar-refractivity contribution >= 4 is 17.3 Å². The molecule has 102 valence electrons. The number of nitrogens with zero attached hydrogens (tertiary/aromatic N) is 3. The molecule has 0 aliphatic carbocycles. The number of nitrogens with one attached hydrogen (secondary N) is 2. The molecule has 6 heteroatoms. The van der Waals surface area contributed by atoms with Crippen molar-refractivity contribution in [1.82, 2.24) is 4.98 Å². The average Bonchev–Trinajstić information content (AvgIpc) is 2.54. The molecule has 0 saturated heterocycles. The molecule has 2 aromatic rings. The van der Waals surface area contributed by atoms with Gasteiger partial charge in [0.05, 0.1) is 11.1 Å². The summed E-state index contributed by atoms with van der Waals surface area (Å²) in [6.45, 7) is 0. The van der Waals surface area contributed by atoms with Gasteiger partial charge in [-0.05, 0) is 30.3 Å². The van der Waals surface area contributed by atoms with Crippen LogP contribution < -0.4 is 10.6 Å². The van der Waals surface area contributed by atoms with Crippen LogP contribution in [0.5, 0.6) is 0 Å². The first-order valence-corrected chi connectivity index (χ1v) is 6.07. The van der Waals surface area contributed by atoms with Gasteiger partial charge in [0.2, 0.25) is 0 Å². The molecule has 1 aromatic heterocycles. The molecule has 2 N–H and O–H groups in total. The Morgan fingerprint density at radius 1 is 1.10 bits per heavy atom. The Balaban J connectivity index is 2.24. The van der Waals surface area contributed by atoms with Crippen LogP contribution in [0.1, 0.15) is 21.6 Å². The lowest BCUT2D eigenvalue weighted by atomic mass is 10.1. The number of benzene rings is 1. The molecule has 0 unspecified atom stereocenters. The summed E-state index contributed by atoms with van der Waals surface area (Å²) in [5.74, 6) is -0.388. The molecule has 0 aliphatic heterocycles. The van der Waals surface area contributed by atoms with E-state index in [2.05, 4.69) is 15.6 Å². The number of nitriles is 2. The van der Waals surface area contributed by atoms with Crippen molar-refractivity contribution in [3.63, 3.8) is 0 Å². The maximum Gasteiger partial charge on any atom is 0.274 e. The van der Waals surface area contributed by atoms with Gasteiger partial charge in [-0.25, -0.2) is 0 Å². The van der Waals surface area contributed by atoms with Crippen molar-refractivity contribution < 1.29 is 4.79 Å². The number of aromatic nitrogens is 1. The summed E-state index contributed by atoms with van der Waals surface area (Å²) >= 11 is 0. The van der Waals surface area contributed by atoms with Crippen LogP contribution in [0.3, 0.4) is 0 Å². The van der Waals surface area contributed by atoms with Crippen LogP contribution >= 0.6 is 0 Å². The fourth-order valence-electron chi connectivity index (χ4n) is 1.72. The zero-order valence-electron chi connectivity index (χ0n) is 11.2. The van der Waals surface area contributed by atoms with E-state index < -0.39 is 0 Å². The van der Waals surface area contributed by atoms with Crippen molar-refractivity contribution in [3.05, 3.63) is 53.3 Å². The minimum atomic E-state index is -0.388. The minimum absolute atomic E-state index is 0.215. The van der Waals surface area contributed by atoms with Crippen LogP contribution in [-0.2, 0) is 0 Å². The summed E-state index contributed by atoms with van der Waals surface area (Å²) in [4.78, 5) is 16.1. The first kappa shape index (κ1) is 14.0. The van der Waals surface area contributed by atoms with Crippen molar-refractivity contribution in [2.45, 2.75) is 0 Å². The van der Waals surface area contributed by atoms with E-state index in [1.807, 2.05) is 12.1 Å². The molecular weight excluding hydrogens is 266 g/mol. The lowest BCUT2D eigenvalue weighted by molar-refractivity contribution is 0.102. The zero-order valence-corrected chi connectivity index (χ0v) is 11.2. The molecule has 0 atom stereocenters. The van der Waals surface area contributed by atoms with Gasteiger partial charge in [-0.3, -0.25) is 9.78 Å². The van der Waals surface area contributed by atoms with Gasteiger partial charge in [0.25, 0.3) is 5.91 Å². The molecule has 0 saturated carbocycles. The van der Waals surface area contributed by atoms with Crippen molar-refractivity contribution in [2.24, 2.45) is 0 Å². The highest BCUT2D eigenvalue weighted by molar-refractivity contribution is 6.03. The minimum Gasteiger partial charge on any atom is -0.388 e. The molecule has 0 bridgehead atoms. The number of hydrogen-bond acceptors (Lipinski definition) is 5. The normalized spacial score (nSPS) is 9.29. The highest BCUT2D eigenvalue weighted by Crippen LogP contribution is 2.16. The number of rotatable bonds is 3. The van der Waals surface area contributed by atoms with E-state index in [4.69, 9.17) is 10.5 Å². The van der Waals surface area contributed by atoms with Crippen LogP contribution in [0.2, 0.25) is 0 Å². The highest BCUT2D eigenvalue weighted by Gasteiger charge is 2.10. The number of carbonyl (C=O) groups excluding carboxylic acids is 1. The maximum absolute atomic E-state index is 12.1. The molecule has 0 spiro atoms. The second-order valence-electron chi connectivity index (χ2n) is 4.12. The predicted molar refractivity (Wildman–Crippen MR) is 77.6 cm³/mol. The van der Waals surface area contributed by atoms with E-state index in [1.54, 1.807) is 25.2 Å². The van der Waals surface area contributed by atoms with E-state index in [-0.39, 0.29) is 22.7 Å². The predicted octanol–water partition coefficient (Wildman–Crippen LogP) is 2.12. The van der Waals surface area contributed by atoms with Crippen molar-refractivity contribution in [3.8, 4) is 12.1 Å². The lowest BCUT2D eigenvalue weighted by Crippen LogP contribution is -2.14. The van der Waals surface area contributed by atoms with E-state index in [1.165, 1.54) is 18.3 Å². The molecular formula is C15H11N5O. The summed E-state index contributed by atoms with van der Waals surface area (Å²) < 4.78 is 0. The van der Waals surface area contributed by atoms with Crippen LogP contribution in [0, 0.1) is 22.7 Å². The van der Waals surface area contributed by atoms with Gasteiger partial charge in [0.1, 0.15) is 17.8 Å². The highest BCUT2D eigenvalue weighted by atomic mass is 16.1. The Labute approximate surface area is 121 Å². The smallest absolute Gasteiger partial charge is 0.274 e. The van der Waals surface area contributed by atoms with Crippen LogP contribution in [-0.4, -0.2) is 17.9 Å². The van der Waals surface area contributed by atoms with E-state index in [0.29, 0.717) is 5.69 Å². The molecule has 1 heterocycles. The third kappa shape index (κ3) is 3.14. The average molecular weight is 277 g/mol. The summed E-state index contributed by atoms with van der Waals surface area (Å²) in [5, 5.41) is 23.4. The van der Waals surface area contributed by atoms with Crippen molar-refractivity contribution in [2.75, 3.05) is 17.7 Å². The number of carbonyl (C=O) groups is 1. The maximum atomic E-state index is 12.1. The monoisotopic (exact) mass is 277 g/mol. The first-order chi connectivity index (χ1) is 10.2. The van der Waals surface area contributed by atoms with Crippen LogP contribution in [0.25, 0.3) is 0 Å². The topological polar surface area (TPSA) is 102 Å². The SMILES string of the molecule is CNc1ccnc(C(=O)Nc2ccc(C#N)c(C#N)c2)c1. The van der Waals surface area contributed by atoms with Gasteiger partial charge in [0.15, 0.2) is 0 Å². The van der Waals surface area contributed by atoms with Gasteiger partial charge in [-0.2, -0.15) is 10.5 Å². The Kier molecular flexibility index (Phi) is 4.13. The lowest BCUT2D eigenvalue weighted by Gasteiger charge is -2.07. The van der Waals surface area contributed by atoms with E-state index >= 15 is 0 Å². The third-order valence-corrected chi connectivity index (χ3v) is 2.80. The van der Waals surface area contributed by atoms with Gasteiger partial charge < -0.3 is 10.6 Å². The van der Waals surface area contributed by atoms with Crippen molar-refractivity contribution in [1.29, 1.82) is 10.5 Å². The molecule has 0 aliphatic rings. The number of hydrogen-bond donors (Lipinski definition) is 2. The quantitative estimate of drug-likeness (QED) is 0.894.